The predicted molar refractivity (Wildman–Crippen MR) is 52.9 cm³/mol. The predicted octanol–water partition coefficient (Wildman–Crippen LogP) is 2.96. The summed E-state index contributed by atoms with van der Waals surface area (Å²) < 4.78 is 1.11. The van der Waals surface area contributed by atoms with Crippen LogP contribution in [-0.2, 0) is 10.7 Å². The van der Waals surface area contributed by atoms with Crippen molar-refractivity contribution in [1.29, 1.82) is 0 Å². The van der Waals surface area contributed by atoms with Crippen LogP contribution in [-0.4, -0.2) is 0 Å². The van der Waals surface area contributed by atoms with Gasteiger partial charge >= 0.3 is 0 Å². The maximum absolute atomic E-state index is 11.5. The highest BCUT2D eigenvalue weighted by Crippen LogP contribution is 2.21. The second-order valence-electron chi connectivity index (χ2n) is 3.02. The molecule has 0 unspecified atom stereocenters. The number of rotatable bonds is 1. The number of benzene rings is 1. The maximum atomic E-state index is 11.5. The fourth-order valence-electron chi connectivity index (χ4n) is 0.863. The van der Waals surface area contributed by atoms with E-state index in [1.165, 1.54) is 0 Å². The van der Waals surface area contributed by atoms with E-state index in [0.29, 0.717) is 0 Å². The van der Waals surface area contributed by atoms with Crippen LogP contribution in [0, 0.1) is 3.57 Å². The van der Waals surface area contributed by atoms with Crippen molar-refractivity contribution in [2.75, 3.05) is 0 Å². The third kappa shape index (κ3) is 2.45. The second-order valence-corrected chi connectivity index (χ2v) is 4.27. The third-order valence-corrected chi connectivity index (χ3v) is 2.19. The zero-order valence-electron chi connectivity index (χ0n) is 6.60. The Bertz CT molecular complexity index is 250. The molecule has 0 heterocycles. The van der Waals surface area contributed by atoms with E-state index in [0.717, 1.165) is 9.13 Å². The van der Waals surface area contributed by atoms with E-state index < -0.39 is 5.60 Å². The normalized spacial score (nSPS) is 11.6. The summed E-state index contributed by atoms with van der Waals surface area (Å²) in [4.78, 5) is 0. The summed E-state index contributed by atoms with van der Waals surface area (Å²) in [5.41, 5.74) is -0.120. The lowest BCUT2D eigenvalue weighted by Crippen LogP contribution is -2.13. The van der Waals surface area contributed by atoms with Gasteiger partial charge in [-0.25, -0.2) is 5.11 Å². The van der Waals surface area contributed by atoms with Gasteiger partial charge in [-0.05, 0) is 54.1 Å². The van der Waals surface area contributed by atoms with Gasteiger partial charge in [0.2, 0.25) is 0 Å². The van der Waals surface area contributed by atoms with Gasteiger partial charge in [-0.1, -0.05) is 12.1 Å². The Kier molecular flexibility index (Phi) is 2.54. The fourth-order valence-corrected chi connectivity index (χ4v) is 1.41. The van der Waals surface area contributed by atoms with Gasteiger partial charge < -0.3 is 0 Å². The molecule has 1 radical (unpaired) electrons. The fraction of sp³-hybridized carbons (Fsp3) is 0.333. The molecule has 0 aliphatic carbocycles. The van der Waals surface area contributed by atoms with Gasteiger partial charge in [0.05, 0.1) is 0 Å². The standard InChI is InChI=1S/C9H10IO/c1-9(2,11)7-4-3-5-8(10)6-7/h3-6H,1-2H3. The van der Waals surface area contributed by atoms with E-state index >= 15 is 0 Å². The van der Waals surface area contributed by atoms with Crippen LogP contribution in [0.2, 0.25) is 0 Å². The van der Waals surface area contributed by atoms with Crippen molar-refractivity contribution in [3.63, 3.8) is 0 Å². The van der Waals surface area contributed by atoms with Crippen molar-refractivity contribution >= 4 is 22.6 Å². The molecule has 1 rings (SSSR count). The molecule has 0 amide bonds. The monoisotopic (exact) mass is 261 g/mol. The average molecular weight is 261 g/mol. The molecule has 1 nitrogen and oxygen atoms in total. The lowest BCUT2D eigenvalue weighted by Gasteiger charge is -2.14. The van der Waals surface area contributed by atoms with E-state index in [2.05, 4.69) is 22.6 Å². The summed E-state index contributed by atoms with van der Waals surface area (Å²) in [5, 5.41) is 11.5. The van der Waals surface area contributed by atoms with E-state index in [9.17, 15) is 5.11 Å². The molecule has 0 aromatic heterocycles. The number of hydrogen-bond donors (Lipinski definition) is 0. The quantitative estimate of drug-likeness (QED) is 0.692. The van der Waals surface area contributed by atoms with Gasteiger partial charge in [-0.2, -0.15) is 0 Å². The Morgan fingerprint density at radius 1 is 1.36 bits per heavy atom. The molecular weight excluding hydrogens is 251 g/mol. The second kappa shape index (κ2) is 3.11. The largest absolute Gasteiger partial charge is 0.225 e. The molecule has 0 saturated carbocycles. The molecule has 0 bridgehead atoms. The molecule has 2 heteroatoms. The molecule has 0 spiro atoms. The summed E-state index contributed by atoms with van der Waals surface area (Å²) in [6.07, 6.45) is 0. The summed E-state index contributed by atoms with van der Waals surface area (Å²) >= 11 is 2.21. The summed E-state index contributed by atoms with van der Waals surface area (Å²) in [6, 6.07) is 7.69. The molecular formula is C9H10IO. The van der Waals surface area contributed by atoms with Crippen molar-refractivity contribution in [1.82, 2.24) is 0 Å². The van der Waals surface area contributed by atoms with Crippen LogP contribution in [0.4, 0.5) is 0 Å². The minimum atomic E-state index is -0.971. The highest BCUT2D eigenvalue weighted by Gasteiger charge is 2.17. The Hall–Kier alpha value is -0.0900. The van der Waals surface area contributed by atoms with Crippen molar-refractivity contribution in [2.24, 2.45) is 0 Å². The van der Waals surface area contributed by atoms with E-state index in [4.69, 9.17) is 0 Å². The van der Waals surface area contributed by atoms with Crippen molar-refractivity contribution in [3.8, 4) is 0 Å². The van der Waals surface area contributed by atoms with Gasteiger partial charge in [0.1, 0.15) is 5.60 Å². The lowest BCUT2D eigenvalue weighted by molar-refractivity contribution is -0.000152. The SMILES string of the molecule is CC(C)([O])c1cccc(I)c1. The van der Waals surface area contributed by atoms with Crippen molar-refractivity contribution in [2.45, 2.75) is 19.4 Å². The van der Waals surface area contributed by atoms with Gasteiger partial charge in [-0.3, -0.25) is 0 Å². The zero-order valence-corrected chi connectivity index (χ0v) is 8.75. The molecule has 0 fully saturated rings. The molecule has 0 atom stereocenters. The highest BCUT2D eigenvalue weighted by molar-refractivity contribution is 14.1. The van der Waals surface area contributed by atoms with Gasteiger partial charge in [-0.15, -0.1) is 0 Å². The molecule has 11 heavy (non-hydrogen) atoms. The van der Waals surface area contributed by atoms with E-state index in [1.54, 1.807) is 13.8 Å². The first-order chi connectivity index (χ1) is 5.00. The van der Waals surface area contributed by atoms with Crippen LogP contribution in [0.1, 0.15) is 19.4 Å². The first kappa shape index (κ1) is 9.00. The topological polar surface area (TPSA) is 19.9 Å². The zero-order chi connectivity index (χ0) is 8.48. The van der Waals surface area contributed by atoms with Crippen LogP contribution >= 0.6 is 22.6 Å². The summed E-state index contributed by atoms with van der Waals surface area (Å²) in [5.74, 6) is 0. The van der Waals surface area contributed by atoms with Gasteiger partial charge in [0, 0.05) is 3.57 Å². The summed E-state index contributed by atoms with van der Waals surface area (Å²) in [6.45, 7) is 3.36. The molecule has 1 aromatic carbocycles. The maximum Gasteiger partial charge on any atom is 0.123 e. The highest BCUT2D eigenvalue weighted by atomic mass is 127. The van der Waals surface area contributed by atoms with Crippen molar-refractivity contribution in [3.05, 3.63) is 33.4 Å². The molecule has 59 valence electrons. The van der Waals surface area contributed by atoms with Gasteiger partial charge in [0.15, 0.2) is 0 Å². The number of halogens is 1. The number of hydrogen-bond acceptors (Lipinski definition) is 0. The van der Waals surface area contributed by atoms with E-state index in [1.807, 2.05) is 24.3 Å². The van der Waals surface area contributed by atoms with Crippen molar-refractivity contribution < 1.29 is 5.11 Å². The summed E-state index contributed by atoms with van der Waals surface area (Å²) in [7, 11) is 0. The van der Waals surface area contributed by atoms with Crippen LogP contribution in [0.15, 0.2) is 24.3 Å². The van der Waals surface area contributed by atoms with Crippen LogP contribution in [0.3, 0.4) is 0 Å². The molecule has 0 aliphatic rings. The molecule has 0 saturated heterocycles. The van der Waals surface area contributed by atoms with E-state index in [-0.39, 0.29) is 0 Å². The van der Waals surface area contributed by atoms with Crippen LogP contribution in [0.5, 0.6) is 0 Å². The molecule has 0 N–H and O–H groups in total. The minimum Gasteiger partial charge on any atom is -0.225 e. The minimum absolute atomic E-state index is 0.851. The Labute approximate surface area is 80.6 Å². The van der Waals surface area contributed by atoms with Crippen LogP contribution < -0.4 is 0 Å². The van der Waals surface area contributed by atoms with Crippen LogP contribution in [0.25, 0.3) is 0 Å². The lowest BCUT2D eigenvalue weighted by atomic mass is 9.99. The first-order valence-corrected chi connectivity index (χ1v) is 4.54. The molecule has 1 aromatic rings. The third-order valence-electron chi connectivity index (χ3n) is 1.52. The molecule has 0 aliphatic heterocycles. The Morgan fingerprint density at radius 3 is 2.36 bits per heavy atom. The Balaban J connectivity index is 3.06. The average Bonchev–Trinajstić information content (AvgIpc) is 1.86. The first-order valence-electron chi connectivity index (χ1n) is 3.46. The Morgan fingerprint density at radius 2 is 2.00 bits per heavy atom. The smallest absolute Gasteiger partial charge is 0.123 e. The van der Waals surface area contributed by atoms with Gasteiger partial charge in [0.25, 0.3) is 0 Å².